The summed E-state index contributed by atoms with van der Waals surface area (Å²) in [6.45, 7) is 0. The van der Waals surface area contributed by atoms with Crippen LogP contribution in [-0.4, -0.2) is 22.3 Å². The molecule has 6 heteroatoms. The number of aromatic carboxylic acids is 1. The predicted molar refractivity (Wildman–Crippen MR) is 99.5 cm³/mol. The number of aliphatic imine (C=N–C) groups is 1. The van der Waals surface area contributed by atoms with Gasteiger partial charge in [0.05, 0.1) is 11.3 Å². The smallest absolute Gasteiger partial charge is 0.335 e. The lowest BCUT2D eigenvalue weighted by molar-refractivity contribution is -0.268. The zero-order valence-corrected chi connectivity index (χ0v) is 14.0. The highest BCUT2D eigenvalue weighted by atomic mass is 16.4. The number of hydrogen-bond donors (Lipinski definition) is 1. The second kappa shape index (κ2) is 6.76. The summed E-state index contributed by atoms with van der Waals surface area (Å²) in [6.07, 6.45) is 1.36. The molecule has 0 amide bonds. The van der Waals surface area contributed by atoms with Crippen molar-refractivity contribution in [1.82, 2.24) is 4.98 Å². The van der Waals surface area contributed by atoms with E-state index in [-0.39, 0.29) is 16.9 Å². The van der Waals surface area contributed by atoms with Crippen LogP contribution in [0.4, 0.5) is 5.69 Å². The van der Waals surface area contributed by atoms with E-state index in [1.54, 1.807) is 18.2 Å². The third-order valence-corrected chi connectivity index (χ3v) is 4.00. The second-order valence-electron chi connectivity index (χ2n) is 5.85. The van der Waals surface area contributed by atoms with Crippen molar-refractivity contribution in [3.8, 4) is 17.2 Å². The third-order valence-electron chi connectivity index (χ3n) is 4.00. The second-order valence-corrected chi connectivity index (χ2v) is 5.85. The molecule has 0 atom stereocenters. The largest absolute Gasteiger partial charge is 0.872 e. The van der Waals surface area contributed by atoms with Crippen LogP contribution in [0.3, 0.4) is 0 Å². The molecule has 0 saturated carbocycles. The van der Waals surface area contributed by atoms with Gasteiger partial charge in [-0.05, 0) is 48.0 Å². The monoisotopic (exact) mass is 357 g/mol. The van der Waals surface area contributed by atoms with Crippen LogP contribution in [0.1, 0.15) is 15.9 Å². The summed E-state index contributed by atoms with van der Waals surface area (Å²) in [5, 5.41) is 20.9. The van der Waals surface area contributed by atoms with E-state index in [9.17, 15) is 9.90 Å². The molecule has 0 aliphatic heterocycles. The zero-order valence-electron chi connectivity index (χ0n) is 14.0. The molecule has 0 aliphatic carbocycles. The van der Waals surface area contributed by atoms with E-state index in [1.807, 2.05) is 30.3 Å². The summed E-state index contributed by atoms with van der Waals surface area (Å²) in [7, 11) is 0. The Morgan fingerprint density at radius 3 is 2.67 bits per heavy atom. The minimum atomic E-state index is -1.10. The summed E-state index contributed by atoms with van der Waals surface area (Å²) < 4.78 is 5.75. The molecule has 27 heavy (non-hydrogen) atoms. The molecule has 0 aliphatic rings. The van der Waals surface area contributed by atoms with Crippen LogP contribution >= 0.6 is 0 Å². The van der Waals surface area contributed by atoms with Crippen LogP contribution in [-0.2, 0) is 0 Å². The number of hydrogen-bond acceptors (Lipinski definition) is 5. The SMILES string of the molecule is O=C(O)c1ccc([O-])c(C=Nc2ccc3oc(-c4ccccc4)nc3c2)c1. The first-order chi connectivity index (χ1) is 13.1. The molecule has 0 fully saturated rings. The van der Waals surface area contributed by atoms with Crippen molar-refractivity contribution >= 4 is 29.0 Å². The van der Waals surface area contributed by atoms with Crippen LogP contribution in [0.2, 0.25) is 0 Å². The highest BCUT2D eigenvalue weighted by Crippen LogP contribution is 2.27. The Bertz CT molecular complexity index is 1160. The molecule has 0 radical (unpaired) electrons. The molecule has 3 aromatic carbocycles. The van der Waals surface area contributed by atoms with Gasteiger partial charge in [-0.1, -0.05) is 24.3 Å². The number of carboxylic acids is 1. The molecule has 1 N–H and O–H groups in total. The van der Waals surface area contributed by atoms with E-state index >= 15 is 0 Å². The lowest BCUT2D eigenvalue weighted by Gasteiger charge is -2.09. The van der Waals surface area contributed by atoms with Crippen LogP contribution in [0, 0.1) is 0 Å². The lowest BCUT2D eigenvalue weighted by atomic mass is 10.1. The van der Waals surface area contributed by atoms with Gasteiger partial charge in [-0.3, -0.25) is 4.99 Å². The molecular weight excluding hydrogens is 344 g/mol. The normalized spacial score (nSPS) is 11.3. The van der Waals surface area contributed by atoms with E-state index < -0.39 is 5.97 Å². The van der Waals surface area contributed by atoms with Gasteiger partial charge in [-0.25, -0.2) is 9.78 Å². The lowest BCUT2D eigenvalue weighted by Crippen LogP contribution is -2.01. The number of nitrogens with zero attached hydrogens (tertiary/aromatic N) is 2. The maximum absolute atomic E-state index is 11.9. The number of oxazole rings is 1. The van der Waals surface area contributed by atoms with E-state index in [1.165, 1.54) is 24.4 Å². The van der Waals surface area contributed by atoms with Crippen molar-refractivity contribution in [2.45, 2.75) is 0 Å². The fourth-order valence-electron chi connectivity index (χ4n) is 2.63. The number of carboxylic acid groups (broad SMARTS) is 1. The fourth-order valence-corrected chi connectivity index (χ4v) is 2.63. The molecule has 1 aromatic heterocycles. The molecule has 0 saturated heterocycles. The summed E-state index contributed by atoms with van der Waals surface area (Å²) in [5.41, 5.74) is 2.97. The maximum atomic E-state index is 11.9. The van der Waals surface area contributed by atoms with Crippen LogP contribution in [0.15, 0.2) is 76.1 Å². The Kier molecular flexibility index (Phi) is 4.14. The molecule has 132 valence electrons. The first-order valence-corrected chi connectivity index (χ1v) is 8.14. The van der Waals surface area contributed by atoms with E-state index in [4.69, 9.17) is 9.52 Å². The van der Waals surface area contributed by atoms with Crippen molar-refractivity contribution in [3.63, 3.8) is 0 Å². The molecular formula is C21H13N2O4-. The minimum Gasteiger partial charge on any atom is -0.872 e. The topological polar surface area (TPSA) is 98.8 Å². The average molecular weight is 357 g/mol. The molecule has 4 aromatic rings. The van der Waals surface area contributed by atoms with Crippen molar-refractivity contribution in [2.75, 3.05) is 0 Å². The molecule has 4 rings (SSSR count). The van der Waals surface area contributed by atoms with Crippen molar-refractivity contribution in [3.05, 3.63) is 77.9 Å². The Morgan fingerprint density at radius 1 is 1.07 bits per heavy atom. The average Bonchev–Trinajstić information content (AvgIpc) is 3.11. The third kappa shape index (κ3) is 3.41. The summed E-state index contributed by atoms with van der Waals surface area (Å²) >= 11 is 0. The zero-order chi connectivity index (χ0) is 18.8. The Morgan fingerprint density at radius 2 is 1.89 bits per heavy atom. The van der Waals surface area contributed by atoms with E-state index in [2.05, 4.69) is 9.98 Å². The number of aromatic nitrogens is 1. The highest BCUT2D eigenvalue weighted by Gasteiger charge is 2.08. The summed E-state index contributed by atoms with van der Waals surface area (Å²) in [4.78, 5) is 19.8. The fraction of sp³-hybridized carbons (Fsp3) is 0. The Balaban J connectivity index is 1.66. The van der Waals surface area contributed by atoms with Gasteiger partial charge in [0.1, 0.15) is 5.52 Å². The van der Waals surface area contributed by atoms with Crippen LogP contribution in [0.25, 0.3) is 22.6 Å². The van der Waals surface area contributed by atoms with Gasteiger partial charge in [0.25, 0.3) is 0 Å². The van der Waals surface area contributed by atoms with Gasteiger partial charge in [0, 0.05) is 11.8 Å². The van der Waals surface area contributed by atoms with Crippen LogP contribution < -0.4 is 5.11 Å². The van der Waals surface area contributed by atoms with Crippen molar-refractivity contribution in [1.29, 1.82) is 0 Å². The first kappa shape index (κ1) is 16.5. The van der Waals surface area contributed by atoms with Gasteiger partial charge in [0.2, 0.25) is 5.89 Å². The molecule has 0 unspecified atom stereocenters. The first-order valence-electron chi connectivity index (χ1n) is 8.14. The highest BCUT2D eigenvalue weighted by molar-refractivity contribution is 5.93. The Hall–Kier alpha value is -3.93. The molecule has 6 nitrogen and oxygen atoms in total. The van der Waals surface area contributed by atoms with Crippen molar-refractivity contribution < 1.29 is 19.4 Å². The van der Waals surface area contributed by atoms with Gasteiger partial charge in [-0.2, -0.15) is 0 Å². The van der Waals surface area contributed by atoms with Gasteiger partial charge < -0.3 is 14.6 Å². The predicted octanol–water partition coefficient (Wildman–Crippen LogP) is 4.02. The number of benzene rings is 3. The van der Waals surface area contributed by atoms with E-state index in [0.717, 1.165) is 5.56 Å². The standard InChI is InChI=1S/C21H14N2O4/c24-18-8-6-14(21(25)26)10-15(18)12-22-16-7-9-19-17(11-16)23-20(27-19)13-4-2-1-3-5-13/h1-12,24H,(H,25,26)/p-1. The van der Waals surface area contributed by atoms with Crippen molar-refractivity contribution in [2.24, 2.45) is 4.99 Å². The van der Waals surface area contributed by atoms with Gasteiger partial charge in [0.15, 0.2) is 5.58 Å². The number of fused-ring (bicyclic) bond motifs is 1. The molecule has 0 spiro atoms. The van der Waals surface area contributed by atoms with Gasteiger partial charge >= 0.3 is 5.97 Å². The summed E-state index contributed by atoms with van der Waals surface area (Å²) in [6, 6.07) is 18.6. The number of carbonyl (C=O) groups is 1. The maximum Gasteiger partial charge on any atom is 0.335 e. The molecule has 1 heterocycles. The van der Waals surface area contributed by atoms with E-state index in [0.29, 0.717) is 22.7 Å². The minimum absolute atomic E-state index is 0.0375. The quantitative estimate of drug-likeness (QED) is 0.556. The Labute approximate surface area is 154 Å². The summed E-state index contributed by atoms with van der Waals surface area (Å²) in [5.74, 6) is -0.873. The number of rotatable bonds is 4. The van der Waals surface area contributed by atoms with Crippen LogP contribution in [0.5, 0.6) is 5.75 Å². The molecule has 0 bridgehead atoms. The van der Waals surface area contributed by atoms with Gasteiger partial charge in [-0.15, -0.1) is 5.75 Å².